The van der Waals surface area contributed by atoms with Crippen LogP contribution in [-0.4, -0.2) is 23.6 Å². The van der Waals surface area contributed by atoms with Gasteiger partial charge in [0.2, 0.25) is 0 Å². The summed E-state index contributed by atoms with van der Waals surface area (Å²) >= 11 is 0. The summed E-state index contributed by atoms with van der Waals surface area (Å²) in [4.78, 5) is 33.1. The summed E-state index contributed by atoms with van der Waals surface area (Å²) in [5.41, 5.74) is 0. The van der Waals surface area contributed by atoms with Crippen LogP contribution in [0.5, 0.6) is 0 Å². The summed E-state index contributed by atoms with van der Waals surface area (Å²) in [7, 11) is 0. The van der Waals surface area contributed by atoms with E-state index in [4.69, 9.17) is 4.74 Å². The average Bonchev–Trinajstić information content (AvgIpc) is 2.19. The zero-order valence-electron chi connectivity index (χ0n) is 7.99. The summed E-state index contributed by atoms with van der Waals surface area (Å²) < 4.78 is 4.85. The minimum atomic E-state index is -0.696. The number of esters is 1. The standard InChI is InChI=1S/C10H12O4/c1-7(11)9-4-2-3-8(12)5-6-10(13)14-9/h5-6,9H,2-4H2,1H3/b6-5+/t9-/m0/s1. The van der Waals surface area contributed by atoms with Crippen molar-refractivity contribution in [3.8, 4) is 0 Å². The van der Waals surface area contributed by atoms with Gasteiger partial charge in [-0.15, -0.1) is 0 Å². The van der Waals surface area contributed by atoms with Gasteiger partial charge in [0.15, 0.2) is 17.7 Å². The quantitative estimate of drug-likeness (QED) is 0.582. The number of carbonyl (C=O) groups excluding carboxylic acids is 3. The lowest BCUT2D eigenvalue weighted by Crippen LogP contribution is -2.24. The first-order valence-electron chi connectivity index (χ1n) is 4.51. The van der Waals surface area contributed by atoms with Gasteiger partial charge in [0.1, 0.15) is 0 Å². The Kier molecular flexibility index (Phi) is 3.56. The van der Waals surface area contributed by atoms with Crippen molar-refractivity contribution in [1.82, 2.24) is 0 Å². The summed E-state index contributed by atoms with van der Waals surface area (Å²) in [6, 6.07) is 0. The maximum atomic E-state index is 11.0. The Bertz CT molecular complexity index is 290. The average molecular weight is 196 g/mol. The SMILES string of the molecule is CC(=O)[C@@H]1CCCC(=O)/C=C/C(=O)O1. The van der Waals surface area contributed by atoms with E-state index in [1.54, 1.807) is 0 Å². The molecule has 1 aliphatic rings. The fourth-order valence-corrected chi connectivity index (χ4v) is 1.23. The van der Waals surface area contributed by atoms with Crippen LogP contribution in [0.2, 0.25) is 0 Å². The third kappa shape index (κ3) is 3.12. The topological polar surface area (TPSA) is 60.4 Å². The molecule has 4 heteroatoms. The number of ether oxygens (including phenoxy) is 1. The Labute approximate surface area is 81.9 Å². The normalized spacial score (nSPS) is 25.6. The van der Waals surface area contributed by atoms with Crippen molar-refractivity contribution in [3.05, 3.63) is 12.2 Å². The van der Waals surface area contributed by atoms with Gasteiger partial charge in [-0.1, -0.05) is 0 Å². The van der Waals surface area contributed by atoms with Crippen LogP contribution in [0, 0.1) is 0 Å². The van der Waals surface area contributed by atoms with Crippen molar-refractivity contribution in [2.75, 3.05) is 0 Å². The molecule has 0 amide bonds. The molecule has 76 valence electrons. The van der Waals surface area contributed by atoms with Crippen molar-refractivity contribution < 1.29 is 19.1 Å². The number of ketones is 2. The third-order valence-electron chi connectivity index (χ3n) is 2.01. The molecular formula is C10H12O4. The Morgan fingerprint density at radius 2 is 2.14 bits per heavy atom. The highest BCUT2D eigenvalue weighted by Crippen LogP contribution is 2.10. The molecule has 1 atom stereocenters. The third-order valence-corrected chi connectivity index (χ3v) is 2.01. The van der Waals surface area contributed by atoms with Gasteiger partial charge in [-0.25, -0.2) is 4.79 Å². The van der Waals surface area contributed by atoms with Crippen LogP contribution < -0.4 is 0 Å². The summed E-state index contributed by atoms with van der Waals surface area (Å²) in [6.45, 7) is 1.38. The molecule has 0 radical (unpaired) electrons. The molecule has 0 aromatic rings. The number of rotatable bonds is 1. The molecule has 0 unspecified atom stereocenters. The molecule has 0 saturated carbocycles. The van der Waals surface area contributed by atoms with E-state index in [9.17, 15) is 14.4 Å². The fraction of sp³-hybridized carbons (Fsp3) is 0.500. The summed E-state index contributed by atoms with van der Waals surface area (Å²) in [5, 5.41) is 0. The lowest BCUT2D eigenvalue weighted by atomic mass is 10.1. The van der Waals surface area contributed by atoms with Crippen molar-refractivity contribution in [3.63, 3.8) is 0 Å². The number of Topliss-reactive ketones (excluding diaryl/α,β-unsaturated/α-hetero) is 1. The molecule has 0 aromatic heterocycles. The van der Waals surface area contributed by atoms with E-state index in [-0.39, 0.29) is 11.6 Å². The van der Waals surface area contributed by atoms with Gasteiger partial charge in [-0.2, -0.15) is 0 Å². The molecule has 1 heterocycles. The predicted molar refractivity (Wildman–Crippen MR) is 48.6 cm³/mol. The van der Waals surface area contributed by atoms with E-state index in [0.29, 0.717) is 19.3 Å². The van der Waals surface area contributed by atoms with Crippen molar-refractivity contribution in [2.24, 2.45) is 0 Å². The molecule has 0 aliphatic carbocycles. The van der Waals surface area contributed by atoms with Crippen LogP contribution in [0.3, 0.4) is 0 Å². The number of cyclic esters (lactones) is 1. The first kappa shape index (κ1) is 10.6. The van der Waals surface area contributed by atoms with Crippen molar-refractivity contribution in [2.45, 2.75) is 32.3 Å². The van der Waals surface area contributed by atoms with Crippen molar-refractivity contribution >= 4 is 17.5 Å². The molecule has 0 bridgehead atoms. The van der Waals surface area contributed by atoms with Crippen molar-refractivity contribution in [1.29, 1.82) is 0 Å². The molecule has 1 aliphatic heterocycles. The molecule has 1 rings (SSSR count). The zero-order valence-corrected chi connectivity index (χ0v) is 7.99. The summed E-state index contributed by atoms with van der Waals surface area (Å²) in [5.74, 6) is -0.910. The molecular weight excluding hydrogens is 184 g/mol. The smallest absolute Gasteiger partial charge is 0.331 e. The van der Waals surface area contributed by atoms with E-state index >= 15 is 0 Å². The highest BCUT2D eigenvalue weighted by atomic mass is 16.5. The number of hydrogen-bond acceptors (Lipinski definition) is 4. The zero-order chi connectivity index (χ0) is 10.6. The maximum absolute atomic E-state index is 11.0. The molecule has 4 nitrogen and oxygen atoms in total. The molecule has 0 saturated heterocycles. The predicted octanol–water partition coefficient (Wildman–Crippen LogP) is 0.796. The van der Waals surface area contributed by atoms with Gasteiger partial charge in [-0.05, 0) is 25.8 Å². The van der Waals surface area contributed by atoms with Gasteiger partial charge in [0.25, 0.3) is 0 Å². The second-order valence-electron chi connectivity index (χ2n) is 3.23. The van der Waals surface area contributed by atoms with Crippen LogP contribution in [0.25, 0.3) is 0 Å². The molecule has 0 N–H and O–H groups in total. The monoisotopic (exact) mass is 196 g/mol. The second kappa shape index (κ2) is 4.69. The van der Waals surface area contributed by atoms with E-state index in [2.05, 4.69) is 0 Å². The first-order chi connectivity index (χ1) is 6.59. The number of hydrogen-bond donors (Lipinski definition) is 0. The molecule has 0 fully saturated rings. The highest BCUT2D eigenvalue weighted by molar-refractivity contribution is 5.97. The highest BCUT2D eigenvalue weighted by Gasteiger charge is 2.19. The van der Waals surface area contributed by atoms with Crippen LogP contribution in [-0.2, 0) is 19.1 Å². The van der Waals surface area contributed by atoms with E-state index in [1.165, 1.54) is 13.0 Å². The Morgan fingerprint density at radius 3 is 2.79 bits per heavy atom. The minimum absolute atomic E-state index is 0.105. The van der Waals surface area contributed by atoms with Gasteiger partial charge in [-0.3, -0.25) is 9.59 Å². The largest absolute Gasteiger partial charge is 0.451 e. The lowest BCUT2D eigenvalue weighted by molar-refractivity contribution is -0.150. The van der Waals surface area contributed by atoms with Gasteiger partial charge in [0, 0.05) is 12.5 Å². The number of carbonyl (C=O) groups is 3. The van der Waals surface area contributed by atoms with Crippen LogP contribution >= 0.6 is 0 Å². The molecule has 0 spiro atoms. The maximum Gasteiger partial charge on any atom is 0.331 e. The Balaban J connectivity index is 2.70. The van der Waals surface area contributed by atoms with Crippen LogP contribution in [0.1, 0.15) is 26.2 Å². The van der Waals surface area contributed by atoms with Gasteiger partial charge in [0.05, 0.1) is 0 Å². The van der Waals surface area contributed by atoms with E-state index in [0.717, 1.165) is 6.08 Å². The summed E-state index contributed by atoms with van der Waals surface area (Å²) in [6.07, 6.45) is 2.93. The minimum Gasteiger partial charge on any atom is -0.451 e. The molecule has 14 heavy (non-hydrogen) atoms. The fourth-order valence-electron chi connectivity index (χ4n) is 1.23. The van der Waals surface area contributed by atoms with E-state index < -0.39 is 12.1 Å². The van der Waals surface area contributed by atoms with Gasteiger partial charge < -0.3 is 4.74 Å². The first-order valence-corrected chi connectivity index (χ1v) is 4.51. The molecule has 0 aromatic carbocycles. The van der Waals surface area contributed by atoms with E-state index in [1.807, 2.05) is 0 Å². The Hall–Kier alpha value is -1.45. The van der Waals surface area contributed by atoms with Crippen LogP contribution in [0.4, 0.5) is 0 Å². The van der Waals surface area contributed by atoms with Gasteiger partial charge >= 0.3 is 5.97 Å². The number of allylic oxidation sites excluding steroid dienone is 1. The second-order valence-corrected chi connectivity index (χ2v) is 3.23. The Morgan fingerprint density at radius 1 is 1.43 bits per heavy atom. The van der Waals surface area contributed by atoms with Crippen LogP contribution in [0.15, 0.2) is 12.2 Å². The lowest BCUT2D eigenvalue weighted by Gasteiger charge is -2.12.